The fourth-order valence-corrected chi connectivity index (χ4v) is 2.75. The molecule has 0 fully saturated rings. The van der Waals surface area contributed by atoms with E-state index in [2.05, 4.69) is 63.2 Å². The van der Waals surface area contributed by atoms with Crippen molar-refractivity contribution in [1.82, 2.24) is 5.06 Å². The maximum Gasteiger partial charge on any atom is 0.0622 e. The van der Waals surface area contributed by atoms with Crippen LogP contribution >= 0.6 is 0 Å². The fourth-order valence-electron chi connectivity index (χ4n) is 2.75. The van der Waals surface area contributed by atoms with Gasteiger partial charge in [0, 0.05) is 6.54 Å². The van der Waals surface area contributed by atoms with Gasteiger partial charge in [-0.05, 0) is 34.7 Å². The minimum Gasteiger partial charge on any atom is -0.313 e. The number of hydrogen-bond acceptors (Lipinski definition) is 2. The van der Waals surface area contributed by atoms with E-state index in [1.807, 2.05) is 0 Å². The average Bonchev–Trinajstić information content (AvgIpc) is 2.44. The molecule has 2 aromatic carbocycles. The highest BCUT2D eigenvalue weighted by atomic mass is 16.5. The molecular weight excluding hydrogens is 246 g/mol. The van der Waals surface area contributed by atoms with Gasteiger partial charge in [-0.3, -0.25) is 0 Å². The van der Waals surface area contributed by atoms with Gasteiger partial charge in [0.1, 0.15) is 0 Å². The molecule has 108 valence electrons. The number of fused-ring (bicyclic) bond motifs is 1. The number of rotatable bonds is 6. The summed E-state index contributed by atoms with van der Waals surface area (Å²) in [6.07, 6.45) is 2.12. The number of unbranched alkanes of at least 4 members (excludes halogenated alkanes) is 1. The number of benzene rings is 2. The molecule has 20 heavy (non-hydrogen) atoms. The van der Waals surface area contributed by atoms with Gasteiger partial charge in [0.25, 0.3) is 0 Å². The molecule has 1 N–H and O–H groups in total. The van der Waals surface area contributed by atoms with Gasteiger partial charge in [-0.25, -0.2) is 0 Å². The van der Waals surface area contributed by atoms with E-state index in [1.165, 1.54) is 21.4 Å². The second-order valence-electron chi connectivity index (χ2n) is 5.81. The molecule has 2 aromatic rings. The van der Waals surface area contributed by atoms with Crippen LogP contribution in [0.1, 0.15) is 45.2 Å². The minimum absolute atomic E-state index is 0.0613. The maximum atomic E-state index is 10.4. The third-order valence-electron chi connectivity index (χ3n) is 3.81. The summed E-state index contributed by atoms with van der Waals surface area (Å²) in [6, 6.07) is 14.9. The number of hydroxylamine groups is 2. The van der Waals surface area contributed by atoms with Crippen molar-refractivity contribution < 1.29 is 5.21 Å². The zero-order chi connectivity index (χ0) is 14.5. The van der Waals surface area contributed by atoms with Crippen LogP contribution in [-0.2, 0) is 0 Å². The van der Waals surface area contributed by atoms with Crippen LogP contribution < -0.4 is 0 Å². The third kappa shape index (κ3) is 3.38. The second kappa shape index (κ2) is 6.87. The normalized spacial score (nSPS) is 13.3. The van der Waals surface area contributed by atoms with Crippen LogP contribution in [0.15, 0.2) is 42.5 Å². The van der Waals surface area contributed by atoms with Crippen LogP contribution in [-0.4, -0.2) is 16.8 Å². The summed E-state index contributed by atoms with van der Waals surface area (Å²) in [7, 11) is 0. The Morgan fingerprint density at radius 2 is 1.75 bits per heavy atom. The van der Waals surface area contributed by atoms with E-state index in [0.29, 0.717) is 5.92 Å². The SMILES string of the molecule is CCCCN(O)C(c1ccc2ccccc2c1)C(C)C. The summed E-state index contributed by atoms with van der Waals surface area (Å²) < 4.78 is 0. The van der Waals surface area contributed by atoms with Crippen molar-refractivity contribution in [1.29, 1.82) is 0 Å². The van der Waals surface area contributed by atoms with Crippen molar-refractivity contribution in [3.63, 3.8) is 0 Å². The Morgan fingerprint density at radius 3 is 2.40 bits per heavy atom. The Kier molecular flexibility index (Phi) is 5.16. The van der Waals surface area contributed by atoms with Crippen LogP contribution in [0.4, 0.5) is 0 Å². The summed E-state index contributed by atoms with van der Waals surface area (Å²) in [5, 5.41) is 14.4. The van der Waals surface area contributed by atoms with E-state index >= 15 is 0 Å². The molecule has 0 heterocycles. The first-order chi connectivity index (χ1) is 9.63. The summed E-state index contributed by atoms with van der Waals surface area (Å²) in [4.78, 5) is 0. The fraction of sp³-hybridized carbons (Fsp3) is 0.444. The van der Waals surface area contributed by atoms with Crippen molar-refractivity contribution in [3.05, 3.63) is 48.0 Å². The Hall–Kier alpha value is -1.38. The van der Waals surface area contributed by atoms with E-state index in [9.17, 15) is 5.21 Å². The molecule has 0 spiro atoms. The lowest BCUT2D eigenvalue weighted by Gasteiger charge is -2.30. The molecule has 2 heteroatoms. The molecule has 0 saturated carbocycles. The molecule has 1 atom stereocenters. The minimum atomic E-state index is 0.0613. The topological polar surface area (TPSA) is 23.5 Å². The predicted molar refractivity (Wildman–Crippen MR) is 84.9 cm³/mol. The molecule has 0 aliphatic heterocycles. The molecule has 2 nitrogen and oxygen atoms in total. The van der Waals surface area contributed by atoms with Crippen LogP contribution in [0, 0.1) is 5.92 Å². The van der Waals surface area contributed by atoms with Gasteiger partial charge in [0.15, 0.2) is 0 Å². The van der Waals surface area contributed by atoms with E-state index < -0.39 is 0 Å². The standard InChI is InChI=1S/C18H25NO/c1-4-5-12-19(20)18(14(2)3)17-11-10-15-8-6-7-9-16(15)13-17/h6-11,13-14,18,20H,4-5,12H2,1-3H3. The van der Waals surface area contributed by atoms with Gasteiger partial charge in [0.2, 0.25) is 0 Å². The lowest BCUT2D eigenvalue weighted by molar-refractivity contribution is -0.141. The first kappa shape index (κ1) is 15.0. The Morgan fingerprint density at radius 1 is 1.05 bits per heavy atom. The summed E-state index contributed by atoms with van der Waals surface area (Å²) in [6.45, 7) is 7.20. The predicted octanol–water partition coefficient (Wildman–Crippen LogP) is 5.03. The highest BCUT2D eigenvalue weighted by molar-refractivity contribution is 5.83. The van der Waals surface area contributed by atoms with Gasteiger partial charge in [0.05, 0.1) is 6.04 Å². The summed E-state index contributed by atoms with van der Waals surface area (Å²) >= 11 is 0. The molecule has 0 bridgehead atoms. The van der Waals surface area contributed by atoms with Crippen LogP contribution in [0.5, 0.6) is 0 Å². The van der Waals surface area contributed by atoms with E-state index in [4.69, 9.17) is 0 Å². The van der Waals surface area contributed by atoms with Gasteiger partial charge in [-0.2, -0.15) is 5.06 Å². The third-order valence-corrected chi connectivity index (χ3v) is 3.81. The van der Waals surface area contributed by atoms with Crippen molar-refractivity contribution in [2.75, 3.05) is 6.54 Å². The molecule has 0 aromatic heterocycles. The zero-order valence-electron chi connectivity index (χ0n) is 12.7. The van der Waals surface area contributed by atoms with Gasteiger partial charge < -0.3 is 5.21 Å². The lowest BCUT2D eigenvalue weighted by atomic mass is 9.93. The van der Waals surface area contributed by atoms with Crippen LogP contribution in [0.3, 0.4) is 0 Å². The lowest BCUT2D eigenvalue weighted by Crippen LogP contribution is -2.30. The quantitative estimate of drug-likeness (QED) is 0.745. The second-order valence-corrected chi connectivity index (χ2v) is 5.81. The molecule has 0 radical (unpaired) electrons. The average molecular weight is 271 g/mol. The Bertz CT molecular complexity index is 550. The first-order valence-corrected chi connectivity index (χ1v) is 7.57. The smallest absolute Gasteiger partial charge is 0.0622 e. The van der Waals surface area contributed by atoms with Crippen molar-refractivity contribution in [3.8, 4) is 0 Å². The summed E-state index contributed by atoms with van der Waals surface area (Å²) in [5.74, 6) is 0.373. The zero-order valence-corrected chi connectivity index (χ0v) is 12.7. The molecule has 0 aliphatic carbocycles. The highest BCUT2D eigenvalue weighted by Gasteiger charge is 2.22. The first-order valence-electron chi connectivity index (χ1n) is 7.57. The number of nitrogens with zero attached hydrogens (tertiary/aromatic N) is 1. The molecular formula is C18H25NO. The largest absolute Gasteiger partial charge is 0.313 e. The van der Waals surface area contributed by atoms with Crippen LogP contribution in [0.2, 0.25) is 0 Å². The van der Waals surface area contributed by atoms with E-state index in [-0.39, 0.29) is 6.04 Å². The Labute approximate surface area is 122 Å². The monoisotopic (exact) mass is 271 g/mol. The number of hydrogen-bond donors (Lipinski definition) is 1. The van der Waals surface area contributed by atoms with Gasteiger partial charge >= 0.3 is 0 Å². The molecule has 2 rings (SSSR count). The molecule has 0 aliphatic rings. The van der Waals surface area contributed by atoms with E-state index in [1.54, 1.807) is 0 Å². The van der Waals surface area contributed by atoms with Crippen molar-refractivity contribution in [2.45, 2.75) is 39.7 Å². The van der Waals surface area contributed by atoms with Gasteiger partial charge in [-0.1, -0.05) is 63.6 Å². The van der Waals surface area contributed by atoms with Crippen molar-refractivity contribution in [2.24, 2.45) is 5.92 Å². The van der Waals surface area contributed by atoms with Crippen LogP contribution in [0.25, 0.3) is 10.8 Å². The molecule has 0 saturated heterocycles. The molecule has 1 unspecified atom stereocenters. The highest BCUT2D eigenvalue weighted by Crippen LogP contribution is 2.29. The summed E-state index contributed by atoms with van der Waals surface area (Å²) in [5.41, 5.74) is 1.19. The van der Waals surface area contributed by atoms with Crippen molar-refractivity contribution >= 4 is 10.8 Å². The molecule has 0 amide bonds. The van der Waals surface area contributed by atoms with E-state index in [0.717, 1.165) is 19.4 Å². The maximum absolute atomic E-state index is 10.4. The van der Waals surface area contributed by atoms with Gasteiger partial charge in [-0.15, -0.1) is 0 Å². The Balaban J connectivity index is 2.31.